The quantitative estimate of drug-likeness (QED) is 0.105. The molecular formula is C27H32F4O2. The van der Waals surface area contributed by atoms with Crippen molar-refractivity contribution in [3.8, 4) is 0 Å². The van der Waals surface area contributed by atoms with Gasteiger partial charge in [0.25, 0.3) is 0 Å². The van der Waals surface area contributed by atoms with Crippen molar-refractivity contribution in [2.75, 3.05) is 13.2 Å². The molecule has 0 aromatic heterocycles. The van der Waals surface area contributed by atoms with E-state index in [-0.39, 0.29) is 34.8 Å². The van der Waals surface area contributed by atoms with Gasteiger partial charge < -0.3 is 9.47 Å². The molecule has 0 aliphatic rings. The summed E-state index contributed by atoms with van der Waals surface area (Å²) in [6.45, 7) is 30.0. The summed E-state index contributed by atoms with van der Waals surface area (Å²) >= 11 is 0. The van der Waals surface area contributed by atoms with E-state index in [2.05, 4.69) is 46.1 Å². The van der Waals surface area contributed by atoms with Gasteiger partial charge in [0.05, 0.1) is 6.10 Å². The Morgan fingerprint density at radius 1 is 0.758 bits per heavy atom. The molecule has 0 saturated carbocycles. The lowest BCUT2D eigenvalue weighted by Crippen LogP contribution is -2.15. The Labute approximate surface area is 194 Å². The predicted molar refractivity (Wildman–Crippen MR) is 129 cm³/mol. The molecule has 0 fully saturated rings. The van der Waals surface area contributed by atoms with Crippen molar-refractivity contribution in [3.05, 3.63) is 121 Å². The molecular weight excluding hydrogens is 432 g/mol. The van der Waals surface area contributed by atoms with Gasteiger partial charge in [-0.05, 0) is 24.0 Å². The van der Waals surface area contributed by atoms with Gasteiger partial charge in [0.2, 0.25) is 5.83 Å². The van der Waals surface area contributed by atoms with E-state index in [4.69, 9.17) is 9.47 Å². The van der Waals surface area contributed by atoms with Gasteiger partial charge in [-0.1, -0.05) is 78.1 Å². The van der Waals surface area contributed by atoms with Crippen molar-refractivity contribution in [1.82, 2.24) is 0 Å². The highest BCUT2D eigenvalue weighted by atomic mass is 19.2. The Morgan fingerprint density at radius 3 is 1.64 bits per heavy atom. The van der Waals surface area contributed by atoms with Crippen molar-refractivity contribution in [3.63, 3.8) is 0 Å². The van der Waals surface area contributed by atoms with Gasteiger partial charge in [-0.3, -0.25) is 0 Å². The van der Waals surface area contributed by atoms with E-state index in [0.29, 0.717) is 6.61 Å². The van der Waals surface area contributed by atoms with Crippen LogP contribution >= 0.6 is 0 Å². The summed E-state index contributed by atoms with van der Waals surface area (Å²) < 4.78 is 67.7. The third-order valence-electron chi connectivity index (χ3n) is 4.25. The molecule has 0 aliphatic carbocycles. The number of halogens is 4. The molecule has 0 heterocycles. The average Bonchev–Trinajstić information content (AvgIpc) is 2.80. The van der Waals surface area contributed by atoms with Gasteiger partial charge in [-0.25, -0.2) is 13.2 Å². The van der Waals surface area contributed by atoms with E-state index in [1.165, 1.54) is 18.2 Å². The SMILES string of the molecule is C=CCOC(=C)/C(F)=C(/F)C(=C)C(=C)/C=C\C(=C)C(=C)/C(F)=C(/F)C(=C)C(C)OCC(C)C. The van der Waals surface area contributed by atoms with Crippen molar-refractivity contribution in [1.29, 1.82) is 0 Å². The van der Waals surface area contributed by atoms with Crippen LogP contribution in [-0.2, 0) is 9.47 Å². The van der Waals surface area contributed by atoms with Crippen LogP contribution in [0.5, 0.6) is 0 Å². The van der Waals surface area contributed by atoms with Crippen molar-refractivity contribution in [2.24, 2.45) is 5.92 Å². The number of hydrogen-bond acceptors (Lipinski definition) is 2. The first-order valence-corrected chi connectivity index (χ1v) is 10.1. The van der Waals surface area contributed by atoms with Gasteiger partial charge in [0.15, 0.2) is 23.2 Å². The molecule has 33 heavy (non-hydrogen) atoms. The molecule has 0 amide bonds. The van der Waals surface area contributed by atoms with Gasteiger partial charge in [-0.15, -0.1) is 0 Å². The highest BCUT2D eigenvalue weighted by molar-refractivity contribution is 5.54. The summed E-state index contributed by atoms with van der Waals surface area (Å²) in [6.07, 6.45) is 3.03. The summed E-state index contributed by atoms with van der Waals surface area (Å²) in [6, 6.07) is 0. The molecule has 0 spiro atoms. The monoisotopic (exact) mass is 464 g/mol. The minimum Gasteiger partial charge on any atom is -0.487 e. The van der Waals surface area contributed by atoms with E-state index in [1.807, 2.05) is 13.8 Å². The van der Waals surface area contributed by atoms with E-state index in [0.717, 1.165) is 0 Å². The summed E-state index contributed by atoms with van der Waals surface area (Å²) in [7, 11) is 0. The molecule has 0 aromatic rings. The second-order valence-electron chi connectivity index (χ2n) is 7.51. The Hall–Kier alpha value is -3.12. The smallest absolute Gasteiger partial charge is 0.200 e. The van der Waals surface area contributed by atoms with Crippen LogP contribution in [0.3, 0.4) is 0 Å². The molecule has 2 nitrogen and oxygen atoms in total. The number of hydrogen-bond donors (Lipinski definition) is 0. The van der Waals surface area contributed by atoms with Crippen LogP contribution < -0.4 is 0 Å². The second-order valence-corrected chi connectivity index (χ2v) is 7.51. The van der Waals surface area contributed by atoms with Crippen LogP contribution in [0, 0.1) is 5.92 Å². The van der Waals surface area contributed by atoms with Crippen LogP contribution in [0.2, 0.25) is 0 Å². The number of rotatable bonds is 15. The van der Waals surface area contributed by atoms with Crippen molar-refractivity contribution < 1.29 is 27.0 Å². The van der Waals surface area contributed by atoms with E-state index < -0.39 is 40.7 Å². The number of allylic oxidation sites excluding steroid dienone is 9. The largest absolute Gasteiger partial charge is 0.487 e. The maximum atomic E-state index is 14.6. The van der Waals surface area contributed by atoms with Crippen molar-refractivity contribution >= 4 is 0 Å². The number of ether oxygens (including phenoxy) is 2. The fourth-order valence-corrected chi connectivity index (χ4v) is 2.05. The molecule has 0 saturated heterocycles. The lowest BCUT2D eigenvalue weighted by atomic mass is 10.0. The Bertz CT molecular complexity index is 930. The topological polar surface area (TPSA) is 18.5 Å². The van der Waals surface area contributed by atoms with E-state index in [9.17, 15) is 17.6 Å². The van der Waals surface area contributed by atoms with E-state index in [1.54, 1.807) is 6.92 Å². The third kappa shape index (κ3) is 9.49. The Morgan fingerprint density at radius 2 is 1.21 bits per heavy atom. The fraction of sp³-hybridized carbons (Fsp3) is 0.259. The minimum absolute atomic E-state index is 0.0243. The first-order valence-electron chi connectivity index (χ1n) is 10.1. The molecule has 0 radical (unpaired) electrons. The molecule has 1 unspecified atom stereocenters. The molecule has 180 valence electrons. The van der Waals surface area contributed by atoms with Crippen LogP contribution in [0.25, 0.3) is 0 Å². The Balaban J connectivity index is 5.36. The van der Waals surface area contributed by atoms with Crippen LogP contribution in [0.15, 0.2) is 121 Å². The molecule has 6 heteroatoms. The van der Waals surface area contributed by atoms with Crippen LogP contribution in [0.1, 0.15) is 20.8 Å². The molecule has 0 bridgehead atoms. The molecule has 0 rings (SSSR count). The predicted octanol–water partition coefficient (Wildman–Crippen LogP) is 8.40. The highest BCUT2D eigenvalue weighted by Gasteiger charge is 2.20. The second kappa shape index (κ2) is 14.1. The zero-order valence-electron chi connectivity index (χ0n) is 19.6. The lowest BCUT2D eigenvalue weighted by Gasteiger charge is -2.17. The average molecular weight is 465 g/mol. The molecule has 0 aromatic carbocycles. The maximum absolute atomic E-state index is 14.6. The molecule has 0 N–H and O–H groups in total. The molecule has 1 atom stereocenters. The highest BCUT2D eigenvalue weighted by Crippen LogP contribution is 2.30. The summed E-state index contributed by atoms with van der Waals surface area (Å²) in [5, 5.41) is 0. The summed E-state index contributed by atoms with van der Waals surface area (Å²) in [4.78, 5) is 0. The standard InChI is InChI=1S/C27H32F4O2/c1-11-14-32-23(10)27(31)25(29)20(7)18(5)13-12-17(4)19(6)24(28)26(30)21(8)22(9)33-15-16(2)3/h11-13,16,22H,1,4-8,10,14-15H2,2-3,9H3/b13-12-,26-24-,27-25-. The Kier molecular flexibility index (Phi) is 12.8. The van der Waals surface area contributed by atoms with Gasteiger partial charge in [0, 0.05) is 23.3 Å². The normalized spacial score (nSPS) is 13.7. The van der Waals surface area contributed by atoms with Gasteiger partial charge >= 0.3 is 0 Å². The zero-order chi connectivity index (χ0) is 25.9. The summed E-state index contributed by atoms with van der Waals surface area (Å²) in [5.74, 6) is -5.45. The van der Waals surface area contributed by atoms with Crippen molar-refractivity contribution in [2.45, 2.75) is 26.9 Å². The fourth-order valence-electron chi connectivity index (χ4n) is 2.05. The lowest BCUT2D eigenvalue weighted by molar-refractivity contribution is 0.0690. The van der Waals surface area contributed by atoms with Gasteiger partial charge in [0.1, 0.15) is 6.61 Å². The molecule has 0 aliphatic heterocycles. The van der Waals surface area contributed by atoms with E-state index >= 15 is 0 Å². The first kappa shape index (κ1) is 29.9. The first-order chi connectivity index (χ1) is 15.3. The summed E-state index contributed by atoms with van der Waals surface area (Å²) in [5.41, 5.74) is -0.989. The minimum atomic E-state index is -1.34. The zero-order valence-corrected chi connectivity index (χ0v) is 19.6. The van der Waals surface area contributed by atoms with Crippen LogP contribution in [-0.4, -0.2) is 19.3 Å². The van der Waals surface area contributed by atoms with Gasteiger partial charge in [-0.2, -0.15) is 4.39 Å². The third-order valence-corrected chi connectivity index (χ3v) is 4.25. The van der Waals surface area contributed by atoms with Crippen LogP contribution in [0.4, 0.5) is 17.6 Å². The maximum Gasteiger partial charge on any atom is 0.200 e.